The van der Waals surface area contributed by atoms with E-state index in [-0.39, 0.29) is 22.8 Å². The maximum Gasteiger partial charge on any atom is 0.341 e. The van der Waals surface area contributed by atoms with Crippen LogP contribution in [0.15, 0.2) is 28.6 Å². The number of carbonyl (C=O) groups excluding carboxylic acids is 1. The lowest BCUT2D eigenvalue weighted by Gasteiger charge is -2.39. The number of carbonyl (C=O) groups is 2. The van der Waals surface area contributed by atoms with Gasteiger partial charge in [-0.3, -0.25) is 14.2 Å². The predicted molar refractivity (Wildman–Crippen MR) is 108 cm³/mol. The van der Waals surface area contributed by atoms with E-state index < -0.39 is 11.4 Å². The molecule has 29 heavy (non-hydrogen) atoms. The van der Waals surface area contributed by atoms with Crippen molar-refractivity contribution in [2.75, 3.05) is 18.0 Å². The van der Waals surface area contributed by atoms with Crippen molar-refractivity contribution in [3.05, 3.63) is 45.2 Å². The normalized spacial score (nSPS) is 16.8. The van der Waals surface area contributed by atoms with Crippen LogP contribution in [-0.4, -0.2) is 44.5 Å². The number of Topliss-reactive ketones (excluding diaryl/α,β-unsaturated/α-hetero) is 1. The van der Waals surface area contributed by atoms with E-state index in [0.717, 1.165) is 12.8 Å². The number of ketones is 1. The number of carboxylic acids is 1. The number of nitrogens with zero attached hydrogens (tertiary/aromatic N) is 4. The van der Waals surface area contributed by atoms with Gasteiger partial charge in [-0.2, -0.15) is 0 Å². The zero-order chi connectivity index (χ0) is 20.3. The molecule has 0 unspecified atom stereocenters. The Hall–Kier alpha value is -3.07. The van der Waals surface area contributed by atoms with E-state index in [1.54, 1.807) is 29.1 Å². The Labute approximate surface area is 169 Å². The third-order valence-electron chi connectivity index (χ3n) is 5.59. The van der Waals surface area contributed by atoms with Crippen LogP contribution in [0.25, 0.3) is 16.2 Å². The number of hydrogen-bond donors (Lipinski definition) is 1. The number of rotatable bonds is 5. The summed E-state index contributed by atoms with van der Waals surface area (Å²) in [5.74, 6) is 0.0517. The third kappa shape index (κ3) is 2.93. The van der Waals surface area contributed by atoms with Crippen LogP contribution in [0.1, 0.15) is 28.8 Å². The summed E-state index contributed by atoms with van der Waals surface area (Å²) in [6, 6.07) is 1.79. The molecule has 5 rings (SSSR count). The molecule has 0 atom stereocenters. The average molecular weight is 410 g/mol. The van der Waals surface area contributed by atoms with E-state index in [4.69, 9.17) is 0 Å². The van der Waals surface area contributed by atoms with Gasteiger partial charge in [-0.25, -0.2) is 14.8 Å². The summed E-state index contributed by atoms with van der Waals surface area (Å²) in [4.78, 5) is 47.6. The molecule has 0 bridgehead atoms. The van der Waals surface area contributed by atoms with Gasteiger partial charge < -0.3 is 10.0 Å². The second-order valence-electron chi connectivity index (χ2n) is 7.64. The molecule has 0 aromatic carbocycles. The number of aromatic nitrogens is 3. The third-order valence-corrected chi connectivity index (χ3v) is 6.36. The predicted octanol–water partition coefficient (Wildman–Crippen LogP) is 2.26. The van der Waals surface area contributed by atoms with Crippen LogP contribution in [-0.2, 0) is 4.79 Å². The molecule has 2 aliphatic rings. The molecular formula is C20H18N4O4S. The summed E-state index contributed by atoms with van der Waals surface area (Å²) < 4.78 is 1.56. The van der Waals surface area contributed by atoms with Crippen molar-refractivity contribution in [1.82, 2.24) is 14.5 Å². The molecule has 0 radical (unpaired) electrons. The molecule has 2 fully saturated rings. The largest absolute Gasteiger partial charge is 0.477 e. The van der Waals surface area contributed by atoms with Gasteiger partial charge in [-0.05, 0) is 31.4 Å². The number of fused-ring (bicyclic) bond motifs is 1. The first-order valence-electron chi connectivity index (χ1n) is 9.43. The van der Waals surface area contributed by atoms with Gasteiger partial charge >= 0.3 is 5.97 Å². The molecule has 8 nitrogen and oxygen atoms in total. The van der Waals surface area contributed by atoms with Gasteiger partial charge in [0.2, 0.25) is 5.43 Å². The van der Waals surface area contributed by atoms with E-state index in [9.17, 15) is 19.5 Å². The molecule has 1 N–H and O–H groups in total. The minimum Gasteiger partial charge on any atom is -0.477 e. The van der Waals surface area contributed by atoms with E-state index in [1.807, 2.05) is 4.90 Å². The molecule has 4 heterocycles. The van der Waals surface area contributed by atoms with Gasteiger partial charge in [0, 0.05) is 36.8 Å². The highest BCUT2D eigenvalue weighted by molar-refractivity contribution is 7.12. The lowest BCUT2D eigenvalue weighted by atomic mass is 9.92. The molecule has 148 valence electrons. The fourth-order valence-electron chi connectivity index (χ4n) is 3.82. The summed E-state index contributed by atoms with van der Waals surface area (Å²) in [7, 11) is 0. The molecular weight excluding hydrogens is 392 g/mol. The van der Waals surface area contributed by atoms with Gasteiger partial charge in [-0.15, -0.1) is 11.3 Å². The summed E-state index contributed by atoms with van der Waals surface area (Å²) in [6.45, 7) is 3.03. The van der Waals surface area contributed by atoms with Crippen LogP contribution in [0, 0.1) is 18.8 Å². The van der Waals surface area contributed by atoms with Gasteiger partial charge in [0.25, 0.3) is 0 Å². The summed E-state index contributed by atoms with van der Waals surface area (Å²) >= 11 is 1.33. The topological polar surface area (TPSA) is 105 Å². The number of carboxylic acid groups (broad SMARTS) is 1. The zero-order valence-corrected chi connectivity index (χ0v) is 16.5. The fourth-order valence-corrected chi connectivity index (χ4v) is 4.44. The number of pyridine rings is 2. The lowest BCUT2D eigenvalue weighted by molar-refractivity contribution is -0.124. The van der Waals surface area contributed by atoms with E-state index >= 15 is 0 Å². The Balaban J connectivity index is 1.61. The van der Waals surface area contributed by atoms with E-state index in [2.05, 4.69) is 9.97 Å². The lowest BCUT2D eigenvalue weighted by Crippen LogP contribution is -2.51. The fraction of sp³-hybridized carbons (Fsp3) is 0.350. The second kappa shape index (κ2) is 6.48. The zero-order valence-electron chi connectivity index (χ0n) is 15.7. The number of aromatic carboxylic acids is 1. The van der Waals surface area contributed by atoms with Crippen molar-refractivity contribution in [1.29, 1.82) is 0 Å². The molecule has 0 spiro atoms. The van der Waals surface area contributed by atoms with Crippen molar-refractivity contribution < 1.29 is 14.7 Å². The van der Waals surface area contributed by atoms with Gasteiger partial charge in [0.05, 0.1) is 11.3 Å². The monoisotopic (exact) mass is 410 g/mol. The van der Waals surface area contributed by atoms with Gasteiger partial charge in [-0.1, -0.05) is 0 Å². The van der Waals surface area contributed by atoms with Gasteiger partial charge in [0.15, 0.2) is 10.8 Å². The van der Waals surface area contributed by atoms with Crippen LogP contribution in [0.4, 0.5) is 5.82 Å². The van der Waals surface area contributed by atoms with Crippen LogP contribution < -0.4 is 10.3 Å². The Bertz CT molecular complexity index is 1210. The maximum absolute atomic E-state index is 12.8. The van der Waals surface area contributed by atoms with Gasteiger partial charge in [0.1, 0.15) is 17.2 Å². The summed E-state index contributed by atoms with van der Waals surface area (Å²) in [5.41, 5.74) is 0.161. The Kier molecular flexibility index (Phi) is 4.02. The highest BCUT2D eigenvalue weighted by Crippen LogP contribution is 2.36. The van der Waals surface area contributed by atoms with Crippen LogP contribution >= 0.6 is 11.3 Å². The molecule has 9 heteroatoms. The van der Waals surface area contributed by atoms with Crippen molar-refractivity contribution in [3.8, 4) is 5.13 Å². The summed E-state index contributed by atoms with van der Waals surface area (Å²) in [6.07, 6.45) is 4.92. The van der Waals surface area contributed by atoms with Crippen molar-refractivity contribution >= 4 is 39.9 Å². The Morgan fingerprint density at radius 3 is 2.62 bits per heavy atom. The minimum absolute atomic E-state index is 0.0517. The SMILES string of the molecule is Cc1cc(N2CC(C(=O)C3CC3)C2)nc2c1c(=O)c(C(=O)O)cn2-c1nccs1. The highest BCUT2D eigenvalue weighted by Gasteiger charge is 2.41. The maximum atomic E-state index is 12.8. The van der Waals surface area contributed by atoms with Crippen LogP contribution in [0.3, 0.4) is 0 Å². The van der Waals surface area contributed by atoms with Crippen molar-refractivity contribution in [2.24, 2.45) is 11.8 Å². The van der Waals surface area contributed by atoms with Crippen LogP contribution in [0.5, 0.6) is 0 Å². The van der Waals surface area contributed by atoms with Crippen molar-refractivity contribution in [2.45, 2.75) is 19.8 Å². The Morgan fingerprint density at radius 1 is 1.24 bits per heavy atom. The number of aryl methyl sites for hydroxylation is 1. The number of anilines is 1. The van der Waals surface area contributed by atoms with E-state index in [0.29, 0.717) is 41.0 Å². The molecule has 1 saturated heterocycles. The number of hydrogen-bond acceptors (Lipinski definition) is 7. The quantitative estimate of drug-likeness (QED) is 0.688. The minimum atomic E-state index is -1.28. The first-order chi connectivity index (χ1) is 13.9. The summed E-state index contributed by atoms with van der Waals surface area (Å²) in [5, 5.41) is 12.1. The molecule has 0 amide bonds. The average Bonchev–Trinajstić information content (AvgIpc) is 3.35. The Morgan fingerprint density at radius 2 is 2.00 bits per heavy atom. The molecule has 1 aliphatic heterocycles. The van der Waals surface area contributed by atoms with E-state index in [1.165, 1.54) is 17.5 Å². The smallest absolute Gasteiger partial charge is 0.341 e. The molecule has 3 aromatic rings. The van der Waals surface area contributed by atoms with Crippen molar-refractivity contribution in [3.63, 3.8) is 0 Å². The number of thiazole rings is 1. The molecule has 1 saturated carbocycles. The molecule has 3 aromatic heterocycles. The highest BCUT2D eigenvalue weighted by atomic mass is 32.1. The second-order valence-corrected chi connectivity index (χ2v) is 8.51. The van der Waals surface area contributed by atoms with Crippen LogP contribution in [0.2, 0.25) is 0 Å². The standard InChI is InChI=1S/C20H18N4O4S/c1-10-6-14(23-7-12(8-23)16(25)11-2-3-11)22-18-15(10)17(26)13(19(27)28)9-24(18)20-21-4-5-29-20/h4-6,9,11-12H,2-3,7-8H2,1H3,(H,27,28). The first kappa shape index (κ1) is 18.0. The first-order valence-corrected chi connectivity index (χ1v) is 10.3. The molecule has 1 aliphatic carbocycles.